The molecule has 3 aromatic carbocycles. The van der Waals surface area contributed by atoms with Crippen LogP contribution in [0.5, 0.6) is 11.5 Å². The van der Waals surface area contributed by atoms with Gasteiger partial charge in [0.1, 0.15) is 5.57 Å². The molecule has 200 valence electrons. The minimum absolute atomic E-state index is 0.224. The number of ether oxygens (including phenoxy) is 2. The first kappa shape index (κ1) is 27.7. The summed E-state index contributed by atoms with van der Waals surface area (Å²) in [7, 11) is 0. The Hall–Kier alpha value is -4.34. The molecule has 1 saturated heterocycles. The monoisotopic (exact) mass is 567 g/mol. The molecule has 1 fully saturated rings. The van der Waals surface area contributed by atoms with E-state index in [1.807, 2.05) is 0 Å². The molecule has 1 aliphatic heterocycles. The average Bonchev–Trinajstić information content (AvgIpc) is 2.89. The van der Waals surface area contributed by atoms with E-state index in [1.54, 1.807) is 68.4 Å². The molecule has 1 aliphatic rings. The number of barbiturate groups is 1. The molecule has 3 aromatic rings. The fourth-order valence-electron chi connectivity index (χ4n) is 3.66. The lowest BCUT2D eigenvalue weighted by atomic mass is 10.1. The number of carbonyl (C=O) groups is 4. The van der Waals surface area contributed by atoms with E-state index in [0.29, 0.717) is 33.7 Å². The zero-order valence-corrected chi connectivity index (χ0v) is 22.4. The first-order chi connectivity index (χ1) is 18.7. The van der Waals surface area contributed by atoms with Gasteiger partial charge in [-0.15, -0.1) is 0 Å². The molecule has 0 aliphatic carbocycles. The van der Waals surface area contributed by atoms with Gasteiger partial charge in [-0.3, -0.25) is 19.7 Å². The minimum atomic E-state index is -0.877. The number of amides is 5. The third-order valence-electron chi connectivity index (χ3n) is 5.58. The molecule has 39 heavy (non-hydrogen) atoms. The molecule has 9 nitrogen and oxygen atoms in total. The number of anilines is 2. The summed E-state index contributed by atoms with van der Waals surface area (Å²) in [5, 5.41) is 5.79. The summed E-state index contributed by atoms with van der Waals surface area (Å²) in [6.07, 6.45) is 1.34. The van der Waals surface area contributed by atoms with Crippen molar-refractivity contribution in [1.82, 2.24) is 5.32 Å². The van der Waals surface area contributed by atoms with E-state index in [4.69, 9.17) is 32.7 Å². The SMILES string of the molecule is CCOc1cc(/C=C2\C(=O)NC(=O)N(c3ccc(C)c(Cl)c3)C2=O)ccc1OCC(=O)Nc1ccc(Cl)cc1. The lowest BCUT2D eigenvalue weighted by molar-refractivity contribution is -0.122. The largest absolute Gasteiger partial charge is 0.490 e. The fraction of sp³-hybridized carbons (Fsp3) is 0.143. The molecule has 0 atom stereocenters. The predicted octanol–water partition coefficient (Wildman–Crippen LogP) is 5.38. The summed E-state index contributed by atoms with van der Waals surface area (Å²) < 4.78 is 11.3. The van der Waals surface area contributed by atoms with E-state index >= 15 is 0 Å². The van der Waals surface area contributed by atoms with Crippen LogP contribution in [0.1, 0.15) is 18.1 Å². The third kappa shape index (κ3) is 6.57. The van der Waals surface area contributed by atoms with Crippen LogP contribution in [0.15, 0.2) is 66.2 Å². The van der Waals surface area contributed by atoms with Crippen molar-refractivity contribution in [2.24, 2.45) is 0 Å². The van der Waals surface area contributed by atoms with Gasteiger partial charge in [-0.1, -0.05) is 35.3 Å². The number of hydrogen-bond acceptors (Lipinski definition) is 6. The predicted molar refractivity (Wildman–Crippen MR) is 148 cm³/mol. The van der Waals surface area contributed by atoms with Crippen molar-refractivity contribution in [2.75, 3.05) is 23.4 Å². The highest BCUT2D eigenvalue weighted by molar-refractivity contribution is 6.39. The van der Waals surface area contributed by atoms with Crippen LogP contribution in [0.2, 0.25) is 10.0 Å². The molecule has 0 spiro atoms. The quantitative estimate of drug-likeness (QED) is 0.279. The summed E-state index contributed by atoms with van der Waals surface area (Å²) in [5.41, 5.74) is 1.74. The second kappa shape index (κ2) is 12.0. The number of halogens is 2. The van der Waals surface area contributed by atoms with Crippen LogP contribution >= 0.6 is 23.2 Å². The van der Waals surface area contributed by atoms with Crippen LogP contribution in [0, 0.1) is 6.92 Å². The first-order valence-electron chi connectivity index (χ1n) is 11.8. The standard InChI is InChI=1S/C28H23Cl2N3O6/c1-3-38-24-13-17(5-11-23(24)39-15-25(34)31-19-8-6-18(29)7-9-19)12-21-26(35)32-28(37)33(27(21)36)20-10-4-16(2)22(30)14-20/h4-14H,3,15H2,1-2H3,(H,31,34)(H,32,35,37)/b21-12+. The Bertz CT molecular complexity index is 1490. The minimum Gasteiger partial charge on any atom is -0.490 e. The Morgan fingerprint density at radius 3 is 2.41 bits per heavy atom. The van der Waals surface area contributed by atoms with Crippen LogP contribution < -0.4 is 25.0 Å². The molecule has 0 bridgehead atoms. The van der Waals surface area contributed by atoms with Gasteiger partial charge in [-0.25, -0.2) is 9.69 Å². The molecule has 0 unspecified atom stereocenters. The van der Waals surface area contributed by atoms with E-state index in [2.05, 4.69) is 10.6 Å². The van der Waals surface area contributed by atoms with Crippen LogP contribution in [0.3, 0.4) is 0 Å². The van der Waals surface area contributed by atoms with Crippen molar-refractivity contribution >= 4 is 64.4 Å². The number of urea groups is 1. The van der Waals surface area contributed by atoms with Crippen molar-refractivity contribution in [1.29, 1.82) is 0 Å². The Morgan fingerprint density at radius 2 is 1.72 bits per heavy atom. The molecular formula is C28H23Cl2N3O6. The molecule has 1 heterocycles. The molecule has 11 heteroatoms. The van der Waals surface area contributed by atoms with Gasteiger partial charge in [0.25, 0.3) is 17.7 Å². The fourth-order valence-corrected chi connectivity index (χ4v) is 3.96. The molecule has 2 N–H and O–H groups in total. The molecular weight excluding hydrogens is 545 g/mol. The van der Waals surface area contributed by atoms with Crippen molar-refractivity contribution in [3.8, 4) is 11.5 Å². The Labute approximate surface area is 234 Å². The van der Waals surface area contributed by atoms with Gasteiger partial charge in [-0.2, -0.15) is 0 Å². The van der Waals surface area contributed by atoms with E-state index in [1.165, 1.54) is 12.1 Å². The second-order valence-electron chi connectivity index (χ2n) is 8.37. The van der Waals surface area contributed by atoms with E-state index in [-0.39, 0.29) is 23.6 Å². The van der Waals surface area contributed by atoms with E-state index in [9.17, 15) is 19.2 Å². The topological polar surface area (TPSA) is 114 Å². The van der Waals surface area contributed by atoms with Crippen LogP contribution in [-0.2, 0) is 14.4 Å². The number of nitrogens with zero attached hydrogens (tertiary/aromatic N) is 1. The number of nitrogens with one attached hydrogen (secondary N) is 2. The summed E-state index contributed by atoms with van der Waals surface area (Å²) >= 11 is 12.0. The van der Waals surface area contributed by atoms with Crippen molar-refractivity contribution in [3.63, 3.8) is 0 Å². The summed E-state index contributed by atoms with van der Waals surface area (Å²) in [4.78, 5) is 51.4. The Morgan fingerprint density at radius 1 is 0.974 bits per heavy atom. The number of aryl methyl sites for hydroxylation is 1. The number of hydrogen-bond donors (Lipinski definition) is 2. The lowest BCUT2D eigenvalue weighted by Gasteiger charge is -2.26. The van der Waals surface area contributed by atoms with Crippen LogP contribution in [-0.4, -0.2) is 37.0 Å². The highest BCUT2D eigenvalue weighted by Gasteiger charge is 2.37. The molecule has 4 rings (SSSR count). The maximum atomic E-state index is 13.2. The van der Waals surface area contributed by atoms with Gasteiger partial charge >= 0.3 is 6.03 Å². The van der Waals surface area contributed by atoms with Gasteiger partial charge in [0.05, 0.1) is 12.3 Å². The maximum absolute atomic E-state index is 13.2. The van der Waals surface area contributed by atoms with Crippen LogP contribution in [0.4, 0.5) is 16.2 Å². The number of rotatable bonds is 8. The Balaban J connectivity index is 1.54. The summed E-state index contributed by atoms with van der Waals surface area (Å²) in [6.45, 7) is 3.56. The second-order valence-corrected chi connectivity index (χ2v) is 9.22. The van der Waals surface area contributed by atoms with Crippen molar-refractivity contribution in [3.05, 3.63) is 87.4 Å². The summed E-state index contributed by atoms with van der Waals surface area (Å²) in [5.74, 6) is -1.45. The molecule has 0 aromatic heterocycles. The highest BCUT2D eigenvalue weighted by atomic mass is 35.5. The number of carbonyl (C=O) groups excluding carboxylic acids is 4. The van der Waals surface area contributed by atoms with E-state index in [0.717, 1.165) is 10.5 Å². The van der Waals surface area contributed by atoms with Crippen molar-refractivity contribution in [2.45, 2.75) is 13.8 Å². The van der Waals surface area contributed by atoms with Gasteiger partial charge < -0.3 is 14.8 Å². The zero-order valence-electron chi connectivity index (χ0n) is 20.9. The van der Waals surface area contributed by atoms with Crippen LogP contribution in [0.25, 0.3) is 6.08 Å². The van der Waals surface area contributed by atoms with Gasteiger partial charge in [-0.05, 0) is 79.6 Å². The zero-order chi connectivity index (χ0) is 28.1. The number of imide groups is 2. The van der Waals surface area contributed by atoms with Gasteiger partial charge in [0, 0.05) is 15.7 Å². The smallest absolute Gasteiger partial charge is 0.335 e. The highest BCUT2D eigenvalue weighted by Crippen LogP contribution is 2.31. The third-order valence-corrected chi connectivity index (χ3v) is 6.24. The van der Waals surface area contributed by atoms with Gasteiger partial charge in [0.2, 0.25) is 0 Å². The van der Waals surface area contributed by atoms with Crippen molar-refractivity contribution < 1.29 is 28.7 Å². The molecule has 5 amide bonds. The Kier molecular flexibility index (Phi) is 8.53. The molecule has 0 saturated carbocycles. The van der Waals surface area contributed by atoms with Gasteiger partial charge in [0.15, 0.2) is 18.1 Å². The normalized spacial score (nSPS) is 14.3. The maximum Gasteiger partial charge on any atom is 0.335 e. The first-order valence-corrected chi connectivity index (χ1v) is 12.5. The molecule has 0 radical (unpaired) electrons. The summed E-state index contributed by atoms with van der Waals surface area (Å²) in [6, 6.07) is 15.2. The number of benzene rings is 3. The average molecular weight is 568 g/mol. The lowest BCUT2D eigenvalue weighted by Crippen LogP contribution is -2.54. The van der Waals surface area contributed by atoms with E-state index < -0.39 is 23.8 Å².